The van der Waals surface area contributed by atoms with E-state index in [1.165, 1.54) is 6.42 Å². The molecule has 0 aromatic carbocycles. The van der Waals surface area contributed by atoms with E-state index in [1.807, 2.05) is 7.05 Å². The Balaban J connectivity index is 1.76. The van der Waals surface area contributed by atoms with Gasteiger partial charge >= 0.3 is 0 Å². The van der Waals surface area contributed by atoms with E-state index in [4.69, 9.17) is 10.5 Å². The van der Waals surface area contributed by atoms with Crippen molar-refractivity contribution in [2.45, 2.75) is 18.9 Å². The molecule has 1 saturated carbocycles. The summed E-state index contributed by atoms with van der Waals surface area (Å²) in [7, 11) is 1.85. The molecule has 2 aliphatic carbocycles. The van der Waals surface area contributed by atoms with Crippen LogP contribution in [0.1, 0.15) is 12.8 Å². The van der Waals surface area contributed by atoms with E-state index >= 15 is 0 Å². The van der Waals surface area contributed by atoms with Gasteiger partial charge in [-0.1, -0.05) is 24.3 Å². The largest absolute Gasteiger partial charge is 0.471 e. The lowest BCUT2D eigenvalue weighted by Crippen LogP contribution is -2.24. The molecule has 1 aromatic heterocycles. The summed E-state index contributed by atoms with van der Waals surface area (Å²) in [5.41, 5.74) is 6.46. The van der Waals surface area contributed by atoms with E-state index in [2.05, 4.69) is 29.4 Å². The summed E-state index contributed by atoms with van der Waals surface area (Å²) in [5.74, 6) is 1.66. The summed E-state index contributed by atoms with van der Waals surface area (Å²) in [4.78, 5) is 0. The number of hydrogen-bond acceptors (Lipinski definition) is 3. The first-order valence-corrected chi connectivity index (χ1v) is 6.05. The van der Waals surface area contributed by atoms with Gasteiger partial charge in [0.25, 0.3) is 5.88 Å². The quantitative estimate of drug-likeness (QED) is 0.845. The SMILES string of the molecule is Cn1cc(N)c(O[C@H]2CC[C@@H]3C=CC=C[C@H]23)n1. The number of anilines is 1. The second kappa shape index (κ2) is 3.95. The number of nitrogens with two attached hydrogens (primary N) is 1. The minimum Gasteiger partial charge on any atom is -0.471 e. The first-order valence-electron chi connectivity index (χ1n) is 6.05. The number of allylic oxidation sites excluding steroid dienone is 3. The van der Waals surface area contributed by atoms with Gasteiger partial charge in [0.2, 0.25) is 0 Å². The minimum atomic E-state index is 0.207. The van der Waals surface area contributed by atoms with Gasteiger partial charge in [0, 0.05) is 13.0 Å². The third-order valence-corrected chi connectivity index (χ3v) is 3.60. The highest BCUT2D eigenvalue weighted by Gasteiger charge is 2.35. The molecule has 1 heterocycles. The Bertz CT molecular complexity index is 475. The zero-order valence-corrected chi connectivity index (χ0v) is 9.91. The molecule has 17 heavy (non-hydrogen) atoms. The Kier molecular flexibility index (Phi) is 2.42. The van der Waals surface area contributed by atoms with Crippen LogP contribution in [0.5, 0.6) is 5.88 Å². The van der Waals surface area contributed by atoms with E-state index in [0.29, 0.717) is 23.4 Å². The standard InChI is InChI=1S/C13H17N3O/c1-16-8-11(14)13(15-16)17-12-7-6-9-4-2-3-5-10(9)12/h2-5,8-10,12H,6-7,14H2,1H3/t9-,10-,12-/m0/s1. The molecule has 0 bridgehead atoms. The van der Waals surface area contributed by atoms with E-state index < -0.39 is 0 Å². The van der Waals surface area contributed by atoms with Gasteiger partial charge in [0.15, 0.2) is 0 Å². The van der Waals surface area contributed by atoms with Crippen LogP contribution in [0, 0.1) is 11.8 Å². The van der Waals surface area contributed by atoms with Crippen LogP contribution in [0.3, 0.4) is 0 Å². The maximum absolute atomic E-state index is 5.95. The van der Waals surface area contributed by atoms with Crippen LogP contribution in [0.2, 0.25) is 0 Å². The number of ether oxygens (including phenoxy) is 1. The van der Waals surface area contributed by atoms with E-state index in [-0.39, 0.29) is 6.10 Å². The average Bonchev–Trinajstić information content (AvgIpc) is 2.85. The van der Waals surface area contributed by atoms with Crippen LogP contribution in [-0.4, -0.2) is 15.9 Å². The molecule has 1 fully saturated rings. The van der Waals surface area contributed by atoms with Gasteiger partial charge in [0.05, 0.1) is 6.20 Å². The highest BCUT2D eigenvalue weighted by atomic mass is 16.5. The minimum absolute atomic E-state index is 0.207. The highest BCUT2D eigenvalue weighted by Crippen LogP contribution is 2.38. The monoisotopic (exact) mass is 231 g/mol. The molecule has 2 N–H and O–H groups in total. The molecule has 0 spiro atoms. The fraction of sp³-hybridized carbons (Fsp3) is 0.462. The summed E-state index contributed by atoms with van der Waals surface area (Å²) in [6.45, 7) is 0. The lowest BCUT2D eigenvalue weighted by molar-refractivity contribution is 0.165. The third kappa shape index (κ3) is 1.84. The normalized spacial score (nSPS) is 30.5. The Morgan fingerprint density at radius 2 is 2.18 bits per heavy atom. The Hall–Kier alpha value is -1.71. The molecule has 4 heteroatoms. The molecular formula is C13H17N3O. The number of rotatable bonds is 2. The highest BCUT2D eigenvalue weighted by molar-refractivity contribution is 5.46. The van der Waals surface area contributed by atoms with E-state index in [9.17, 15) is 0 Å². The summed E-state index contributed by atoms with van der Waals surface area (Å²) in [6.07, 6.45) is 13.0. The van der Waals surface area contributed by atoms with Crippen molar-refractivity contribution in [2.24, 2.45) is 18.9 Å². The zero-order chi connectivity index (χ0) is 11.8. The molecule has 3 atom stereocenters. The van der Waals surface area contributed by atoms with Crippen LogP contribution in [0.4, 0.5) is 5.69 Å². The molecule has 0 aliphatic heterocycles. The lowest BCUT2D eigenvalue weighted by atomic mass is 9.91. The van der Waals surface area contributed by atoms with Crippen molar-refractivity contribution in [3.05, 3.63) is 30.5 Å². The molecule has 4 nitrogen and oxygen atoms in total. The summed E-state index contributed by atoms with van der Waals surface area (Å²) in [5, 5.41) is 4.24. The maximum atomic E-state index is 5.95. The number of hydrogen-bond donors (Lipinski definition) is 1. The fourth-order valence-corrected chi connectivity index (χ4v) is 2.77. The van der Waals surface area contributed by atoms with Crippen molar-refractivity contribution >= 4 is 5.69 Å². The van der Waals surface area contributed by atoms with Crippen molar-refractivity contribution in [3.63, 3.8) is 0 Å². The second-order valence-corrected chi connectivity index (χ2v) is 4.81. The van der Waals surface area contributed by atoms with Crippen molar-refractivity contribution in [1.82, 2.24) is 9.78 Å². The fourth-order valence-electron chi connectivity index (χ4n) is 2.77. The summed E-state index contributed by atoms with van der Waals surface area (Å²) < 4.78 is 7.64. The summed E-state index contributed by atoms with van der Waals surface area (Å²) in [6, 6.07) is 0. The molecule has 90 valence electrons. The van der Waals surface area contributed by atoms with Gasteiger partial charge in [-0.15, -0.1) is 5.10 Å². The van der Waals surface area contributed by atoms with Gasteiger partial charge in [-0.2, -0.15) is 0 Å². The van der Waals surface area contributed by atoms with Crippen molar-refractivity contribution in [3.8, 4) is 5.88 Å². The van der Waals surface area contributed by atoms with Gasteiger partial charge < -0.3 is 10.5 Å². The topological polar surface area (TPSA) is 53.1 Å². The predicted octanol–water partition coefficient (Wildman–Crippen LogP) is 1.90. The third-order valence-electron chi connectivity index (χ3n) is 3.60. The Morgan fingerprint density at radius 3 is 2.94 bits per heavy atom. The maximum Gasteiger partial charge on any atom is 0.256 e. The Labute approximate surface area is 101 Å². The predicted molar refractivity (Wildman–Crippen MR) is 66.5 cm³/mol. The zero-order valence-electron chi connectivity index (χ0n) is 9.91. The van der Waals surface area contributed by atoms with Crippen LogP contribution in [0.25, 0.3) is 0 Å². The molecule has 0 saturated heterocycles. The second-order valence-electron chi connectivity index (χ2n) is 4.81. The Morgan fingerprint density at radius 1 is 1.35 bits per heavy atom. The average molecular weight is 231 g/mol. The smallest absolute Gasteiger partial charge is 0.256 e. The van der Waals surface area contributed by atoms with Crippen molar-refractivity contribution < 1.29 is 4.74 Å². The van der Waals surface area contributed by atoms with Crippen molar-refractivity contribution in [2.75, 3.05) is 5.73 Å². The molecule has 0 amide bonds. The molecule has 0 unspecified atom stereocenters. The van der Waals surface area contributed by atoms with Gasteiger partial charge in [0.1, 0.15) is 11.8 Å². The number of nitrogen functional groups attached to an aromatic ring is 1. The lowest BCUT2D eigenvalue weighted by Gasteiger charge is -2.21. The molecule has 3 rings (SSSR count). The van der Waals surface area contributed by atoms with Gasteiger partial charge in [-0.25, -0.2) is 0 Å². The number of nitrogens with zero attached hydrogens (tertiary/aromatic N) is 2. The van der Waals surface area contributed by atoms with Gasteiger partial charge in [-0.3, -0.25) is 4.68 Å². The van der Waals surface area contributed by atoms with Crippen molar-refractivity contribution in [1.29, 1.82) is 0 Å². The number of aryl methyl sites for hydroxylation is 1. The molecular weight excluding hydrogens is 214 g/mol. The molecule has 0 radical (unpaired) electrons. The van der Waals surface area contributed by atoms with E-state index in [0.717, 1.165) is 6.42 Å². The summed E-state index contributed by atoms with van der Waals surface area (Å²) >= 11 is 0. The van der Waals surface area contributed by atoms with E-state index in [1.54, 1.807) is 10.9 Å². The van der Waals surface area contributed by atoms with Crippen LogP contribution >= 0.6 is 0 Å². The first kappa shape index (κ1) is 10.4. The molecule has 1 aromatic rings. The first-order chi connectivity index (χ1) is 8.24. The number of aromatic nitrogens is 2. The van der Waals surface area contributed by atoms with Crippen LogP contribution in [0.15, 0.2) is 30.5 Å². The van der Waals surface area contributed by atoms with Crippen LogP contribution < -0.4 is 10.5 Å². The number of fused-ring (bicyclic) bond motifs is 1. The molecule has 2 aliphatic rings. The van der Waals surface area contributed by atoms with Crippen LogP contribution in [-0.2, 0) is 7.05 Å². The van der Waals surface area contributed by atoms with Gasteiger partial charge in [-0.05, 0) is 18.8 Å².